The minimum atomic E-state index is -0.665. The fourth-order valence-electron chi connectivity index (χ4n) is 3.05. The van der Waals surface area contributed by atoms with Gasteiger partial charge in [0.15, 0.2) is 0 Å². The van der Waals surface area contributed by atoms with E-state index in [0.717, 1.165) is 31.2 Å². The third-order valence-corrected chi connectivity index (χ3v) is 4.66. The second-order valence-corrected chi connectivity index (χ2v) is 6.43. The second-order valence-electron chi connectivity index (χ2n) is 6.43. The summed E-state index contributed by atoms with van der Waals surface area (Å²) in [7, 11) is 1.24. The minimum absolute atomic E-state index is 0.0370. The van der Waals surface area contributed by atoms with E-state index in [4.69, 9.17) is 4.74 Å². The lowest BCUT2D eigenvalue weighted by molar-refractivity contribution is -0.121. The molecule has 0 unspecified atom stereocenters. The molecule has 2 aliphatic carbocycles. The molecule has 4 nitrogen and oxygen atoms in total. The molecule has 3 rings (SSSR count). The number of esters is 1. The van der Waals surface area contributed by atoms with Crippen LogP contribution in [0.3, 0.4) is 0 Å². The largest absolute Gasteiger partial charge is 0.493 e. The van der Waals surface area contributed by atoms with Crippen molar-refractivity contribution >= 4 is 11.8 Å². The Morgan fingerprint density at radius 2 is 1.91 bits per heavy atom. The van der Waals surface area contributed by atoms with Crippen molar-refractivity contribution in [3.05, 3.63) is 29.1 Å². The highest BCUT2D eigenvalue weighted by atomic mass is 19.1. The summed E-state index contributed by atoms with van der Waals surface area (Å²) in [6.07, 6.45) is 4.94. The highest BCUT2D eigenvalue weighted by Gasteiger charge is 2.30. The fourth-order valence-corrected chi connectivity index (χ4v) is 3.05. The molecule has 0 amide bonds. The van der Waals surface area contributed by atoms with E-state index in [2.05, 4.69) is 4.74 Å². The Bertz CT molecular complexity index is 612. The number of hydrogen-bond acceptors (Lipinski definition) is 4. The molecule has 0 radical (unpaired) electrons. The van der Waals surface area contributed by atoms with E-state index in [-0.39, 0.29) is 5.56 Å². The van der Waals surface area contributed by atoms with Crippen molar-refractivity contribution in [1.29, 1.82) is 0 Å². The van der Waals surface area contributed by atoms with Gasteiger partial charge < -0.3 is 9.47 Å². The van der Waals surface area contributed by atoms with Crippen LogP contribution in [0.1, 0.15) is 60.4 Å². The van der Waals surface area contributed by atoms with Gasteiger partial charge in [-0.15, -0.1) is 0 Å². The maximum atomic E-state index is 14.1. The van der Waals surface area contributed by atoms with E-state index >= 15 is 0 Å². The first kappa shape index (κ1) is 16.0. The van der Waals surface area contributed by atoms with Crippen molar-refractivity contribution in [2.45, 2.75) is 44.4 Å². The van der Waals surface area contributed by atoms with Gasteiger partial charge in [0.05, 0.1) is 19.3 Å². The normalized spacial score (nSPS) is 18.8. The number of benzene rings is 1. The summed E-state index contributed by atoms with van der Waals surface area (Å²) in [5, 5.41) is 0. The molecule has 124 valence electrons. The molecule has 0 saturated heterocycles. The van der Waals surface area contributed by atoms with Crippen molar-refractivity contribution in [3.8, 4) is 5.75 Å². The van der Waals surface area contributed by atoms with E-state index < -0.39 is 11.8 Å². The maximum Gasteiger partial charge on any atom is 0.340 e. The molecule has 0 aromatic heterocycles. The zero-order chi connectivity index (χ0) is 16.4. The number of methoxy groups -OCH3 is 1. The summed E-state index contributed by atoms with van der Waals surface area (Å²) < 4.78 is 24.6. The van der Waals surface area contributed by atoms with Gasteiger partial charge in [-0.25, -0.2) is 9.18 Å². The molecule has 2 aliphatic rings. The van der Waals surface area contributed by atoms with Crippen molar-refractivity contribution in [1.82, 2.24) is 0 Å². The van der Waals surface area contributed by atoms with E-state index in [1.807, 2.05) is 0 Å². The van der Waals surface area contributed by atoms with Gasteiger partial charge in [-0.3, -0.25) is 4.79 Å². The first-order chi connectivity index (χ1) is 11.1. The molecular formula is C18H21FO4. The van der Waals surface area contributed by atoms with Crippen LogP contribution in [-0.2, 0) is 9.53 Å². The summed E-state index contributed by atoms with van der Waals surface area (Å²) in [6.45, 7) is 0.490. The third kappa shape index (κ3) is 3.71. The monoisotopic (exact) mass is 320 g/mol. The van der Waals surface area contributed by atoms with Crippen LogP contribution >= 0.6 is 0 Å². The van der Waals surface area contributed by atoms with Crippen LogP contribution in [0.2, 0.25) is 0 Å². The lowest BCUT2D eigenvalue weighted by Gasteiger charge is -2.22. The quantitative estimate of drug-likeness (QED) is 0.778. The first-order valence-corrected chi connectivity index (χ1v) is 8.14. The summed E-state index contributed by atoms with van der Waals surface area (Å²) in [5.74, 6) is 0.227. The number of ether oxygens (including phenoxy) is 2. The van der Waals surface area contributed by atoms with Crippen LogP contribution in [0.15, 0.2) is 12.1 Å². The fraction of sp³-hybridized carbons (Fsp3) is 0.556. The molecule has 5 heteroatoms. The molecule has 0 spiro atoms. The molecule has 0 N–H and O–H groups in total. The van der Waals surface area contributed by atoms with Crippen LogP contribution < -0.4 is 4.74 Å². The van der Waals surface area contributed by atoms with Crippen LogP contribution in [0.5, 0.6) is 5.75 Å². The Kier molecular flexibility index (Phi) is 4.64. The van der Waals surface area contributed by atoms with Gasteiger partial charge in [0.1, 0.15) is 17.3 Å². The van der Waals surface area contributed by atoms with Gasteiger partial charge in [-0.1, -0.05) is 0 Å². The Labute approximate surface area is 135 Å². The molecule has 0 aliphatic heterocycles. The lowest BCUT2D eigenvalue weighted by atomic mass is 9.89. The lowest BCUT2D eigenvalue weighted by Crippen LogP contribution is -2.20. The zero-order valence-corrected chi connectivity index (χ0v) is 13.3. The van der Waals surface area contributed by atoms with Gasteiger partial charge in [-0.05, 0) is 49.1 Å². The van der Waals surface area contributed by atoms with Crippen LogP contribution in [0, 0.1) is 11.7 Å². The van der Waals surface area contributed by atoms with Crippen LogP contribution in [-0.4, -0.2) is 25.5 Å². The number of ketones is 1. The molecule has 1 aromatic carbocycles. The number of carbonyl (C=O) groups is 2. The first-order valence-electron chi connectivity index (χ1n) is 8.14. The van der Waals surface area contributed by atoms with Crippen molar-refractivity contribution < 1.29 is 23.5 Å². The van der Waals surface area contributed by atoms with E-state index in [9.17, 15) is 14.0 Å². The molecule has 0 atom stereocenters. The number of carbonyl (C=O) groups excluding carboxylic acids is 2. The second kappa shape index (κ2) is 6.69. The minimum Gasteiger partial charge on any atom is -0.493 e. The third-order valence-electron chi connectivity index (χ3n) is 4.66. The highest BCUT2D eigenvalue weighted by molar-refractivity contribution is 5.90. The number of halogens is 1. The SMILES string of the molecule is COC(=O)c1cc(C2CC2)c(OCC2CCC(=O)CC2)cc1F. The van der Waals surface area contributed by atoms with Crippen molar-refractivity contribution in [3.63, 3.8) is 0 Å². The topological polar surface area (TPSA) is 52.6 Å². The Hall–Kier alpha value is -1.91. The van der Waals surface area contributed by atoms with Crippen molar-refractivity contribution in [2.24, 2.45) is 5.92 Å². The summed E-state index contributed by atoms with van der Waals surface area (Å²) in [5.41, 5.74) is 0.851. The Morgan fingerprint density at radius 3 is 2.52 bits per heavy atom. The van der Waals surface area contributed by atoms with Crippen molar-refractivity contribution in [2.75, 3.05) is 13.7 Å². The van der Waals surface area contributed by atoms with Gasteiger partial charge >= 0.3 is 5.97 Å². The molecule has 2 saturated carbocycles. The highest BCUT2D eigenvalue weighted by Crippen LogP contribution is 2.45. The molecule has 0 bridgehead atoms. The predicted octanol–water partition coefficient (Wildman–Crippen LogP) is 3.63. The zero-order valence-electron chi connectivity index (χ0n) is 13.3. The van der Waals surface area contributed by atoms with E-state index in [0.29, 0.717) is 42.8 Å². The van der Waals surface area contributed by atoms with Gasteiger partial charge in [0.25, 0.3) is 0 Å². The number of Topliss-reactive ketones (excluding diaryl/α,β-unsaturated/α-hetero) is 1. The predicted molar refractivity (Wildman–Crippen MR) is 82.2 cm³/mol. The standard InChI is InChI=1S/C18H21FO4/c1-22-18(21)15-8-14(12-4-5-12)17(9-16(15)19)23-10-11-2-6-13(20)7-3-11/h8-9,11-12H,2-7,10H2,1H3. The van der Waals surface area contributed by atoms with Crippen LogP contribution in [0.4, 0.5) is 4.39 Å². The summed E-state index contributed by atoms with van der Waals surface area (Å²) >= 11 is 0. The Morgan fingerprint density at radius 1 is 1.22 bits per heavy atom. The van der Waals surface area contributed by atoms with Crippen LogP contribution in [0.25, 0.3) is 0 Å². The molecular weight excluding hydrogens is 299 g/mol. The Balaban J connectivity index is 1.74. The average Bonchev–Trinajstić information content (AvgIpc) is 3.38. The van der Waals surface area contributed by atoms with Gasteiger partial charge in [0.2, 0.25) is 0 Å². The average molecular weight is 320 g/mol. The molecule has 2 fully saturated rings. The molecule has 0 heterocycles. The molecule has 1 aromatic rings. The number of hydrogen-bond donors (Lipinski definition) is 0. The molecule has 23 heavy (non-hydrogen) atoms. The van der Waals surface area contributed by atoms with E-state index in [1.165, 1.54) is 13.2 Å². The smallest absolute Gasteiger partial charge is 0.340 e. The van der Waals surface area contributed by atoms with Gasteiger partial charge in [0, 0.05) is 18.9 Å². The number of rotatable bonds is 5. The van der Waals surface area contributed by atoms with Gasteiger partial charge in [-0.2, -0.15) is 0 Å². The summed E-state index contributed by atoms with van der Waals surface area (Å²) in [6, 6.07) is 2.87. The van der Waals surface area contributed by atoms with E-state index in [1.54, 1.807) is 6.07 Å². The summed E-state index contributed by atoms with van der Waals surface area (Å²) in [4.78, 5) is 22.9. The maximum absolute atomic E-state index is 14.1.